The van der Waals surface area contributed by atoms with Crippen LogP contribution in [0.4, 0.5) is 11.4 Å². The number of rotatable bonds is 6. The highest BCUT2D eigenvalue weighted by Crippen LogP contribution is 2.20. The Bertz CT molecular complexity index is 454. The average Bonchev–Trinajstić information content (AvgIpc) is 2.48. The average molecular weight is 274 g/mol. The lowest BCUT2D eigenvalue weighted by Crippen LogP contribution is -2.17. The van der Waals surface area contributed by atoms with Crippen LogP contribution in [0.1, 0.15) is 19.3 Å². The number of carbonyl (C=O) groups excluding carboxylic acids is 1. The fourth-order valence-corrected chi connectivity index (χ4v) is 2.30. The molecule has 1 aromatic rings. The second kappa shape index (κ2) is 7.70. The molecule has 1 atom stereocenters. The molecule has 1 amide bonds. The van der Waals surface area contributed by atoms with E-state index in [-0.39, 0.29) is 12.5 Å². The highest BCUT2D eigenvalue weighted by atomic mass is 16.5. The SMILES string of the molecule is COCC(=O)Nc1ccc(NCC2CC=CCC2)cc1. The Hall–Kier alpha value is -1.81. The maximum atomic E-state index is 11.4. The zero-order chi connectivity index (χ0) is 14.2. The third kappa shape index (κ3) is 4.70. The van der Waals surface area contributed by atoms with Crippen molar-refractivity contribution < 1.29 is 9.53 Å². The zero-order valence-corrected chi connectivity index (χ0v) is 11.9. The van der Waals surface area contributed by atoms with E-state index in [1.165, 1.54) is 20.0 Å². The van der Waals surface area contributed by atoms with Gasteiger partial charge in [0, 0.05) is 25.0 Å². The van der Waals surface area contributed by atoms with Gasteiger partial charge in [-0.2, -0.15) is 0 Å². The molecule has 2 N–H and O–H groups in total. The monoisotopic (exact) mass is 274 g/mol. The van der Waals surface area contributed by atoms with Gasteiger partial charge in [-0.05, 0) is 49.4 Å². The second-order valence-electron chi connectivity index (χ2n) is 5.09. The molecule has 1 aliphatic carbocycles. The minimum Gasteiger partial charge on any atom is -0.385 e. The summed E-state index contributed by atoms with van der Waals surface area (Å²) in [6.45, 7) is 1.08. The number of nitrogens with one attached hydrogen (secondary N) is 2. The smallest absolute Gasteiger partial charge is 0.250 e. The number of anilines is 2. The molecule has 2 rings (SSSR count). The standard InChI is InChI=1S/C16H22N2O2/c1-20-12-16(19)18-15-9-7-14(8-10-15)17-11-13-5-3-2-4-6-13/h2-3,7-10,13,17H,4-6,11-12H2,1H3,(H,18,19). The van der Waals surface area contributed by atoms with E-state index in [9.17, 15) is 4.79 Å². The molecule has 0 aromatic heterocycles. The molecule has 0 bridgehead atoms. The molecular weight excluding hydrogens is 252 g/mol. The van der Waals surface area contributed by atoms with Crippen molar-refractivity contribution in [1.82, 2.24) is 0 Å². The van der Waals surface area contributed by atoms with Gasteiger partial charge in [0.1, 0.15) is 6.61 Å². The van der Waals surface area contributed by atoms with Crippen LogP contribution < -0.4 is 10.6 Å². The predicted octanol–water partition coefficient (Wildman–Crippen LogP) is 3.04. The van der Waals surface area contributed by atoms with Gasteiger partial charge in [0.05, 0.1) is 0 Å². The van der Waals surface area contributed by atoms with Gasteiger partial charge in [0.15, 0.2) is 0 Å². The van der Waals surface area contributed by atoms with Crippen molar-refractivity contribution in [3.8, 4) is 0 Å². The number of allylic oxidation sites excluding steroid dienone is 2. The van der Waals surface area contributed by atoms with Gasteiger partial charge in [-0.1, -0.05) is 12.2 Å². The second-order valence-corrected chi connectivity index (χ2v) is 5.09. The van der Waals surface area contributed by atoms with E-state index < -0.39 is 0 Å². The molecule has 0 saturated heterocycles. The Morgan fingerprint density at radius 1 is 1.25 bits per heavy atom. The zero-order valence-electron chi connectivity index (χ0n) is 11.9. The maximum Gasteiger partial charge on any atom is 0.250 e. The van der Waals surface area contributed by atoms with Crippen LogP contribution in [0, 0.1) is 5.92 Å². The van der Waals surface area contributed by atoms with Crippen molar-refractivity contribution in [3.63, 3.8) is 0 Å². The van der Waals surface area contributed by atoms with Crippen LogP contribution in [0.5, 0.6) is 0 Å². The first kappa shape index (κ1) is 14.6. The van der Waals surface area contributed by atoms with E-state index in [2.05, 4.69) is 22.8 Å². The van der Waals surface area contributed by atoms with E-state index >= 15 is 0 Å². The van der Waals surface area contributed by atoms with Gasteiger partial charge in [0.25, 0.3) is 0 Å². The summed E-state index contributed by atoms with van der Waals surface area (Å²) in [5, 5.41) is 6.22. The van der Waals surface area contributed by atoms with Gasteiger partial charge in [0.2, 0.25) is 5.91 Å². The van der Waals surface area contributed by atoms with Crippen LogP contribution in [-0.4, -0.2) is 26.2 Å². The van der Waals surface area contributed by atoms with Gasteiger partial charge in [-0.25, -0.2) is 0 Å². The van der Waals surface area contributed by atoms with Crippen molar-refractivity contribution in [2.45, 2.75) is 19.3 Å². The molecule has 0 fully saturated rings. The first-order valence-electron chi connectivity index (χ1n) is 7.05. The number of methoxy groups -OCH3 is 1. The third-order valence-corrected chi connectivity index (χ3v) is 3.42. The number of ether oxygens (including phenoxy) is 1. The fraction of sp³-hybridized carbons (Fsp3) is 0.438. The number of hydrogen-bond donors (Lipinski definition) is 2. The highest BCUT2D eigenvalue weighted by molar-refractivity contribution is 5.91. The van der Waals surface area contributed by atoms with Crippen LogP contribution in [0.25, 0.3) is 0 Å². The molecule has 20 heavy (non-hydrogen) atoms. The Morgan fingerprint density at radius 3 is 2.65 bits per heavy atom. The summed E-state index contributed by atoms with van der Waals surface area (Å²) in [7, 11) is 1.51. The molecule has 1 aromatic carbocycles. The van der Waals surface area contributed by atoms with Gasteiger partial charge in [-0.3, -0.25) is 4.79 Å². The Labute approximate surface area is 120 Å². The lowest BCUT2D eigenvalue weighted by molar-refractivity contribution is -0.119. The van der Waals surface area contributed by atoms with E-state index in [1.54, 1.807) is 0 Å². The number of hydrogen-bond acceptors (Lipinski definition) is 3. The Morgan fingerprint density at radius 2 is 2.00 bits per heavy atom. The van der Waals surface area contributed by atoms with Crippen LogP contribution in [-0.2, 0) is 9.53 Å². The van der Waals surface area contributed by atoms with E-state index in [4.69, 9.17) is 4.74 Å². The minimum atomic E-state index is -0.137. The summed E-state index contributed by atoms with van der Waals surface area (Å²) in [6.07, 6.45) is 8.14. The molecule has 0 spiro atoms. The van der Waals surface area contributed by atoms with Crippen molar-refractivity contribution in [3.05, 3.63) is 36.4 Å². The molecule has 0 saturated carbocycles. The lowest BCUT2D eigenvalue weighted by Gasteiger charge is -2.19. The summed E-state index contributed by atoms with van der Waals surface area (Å²) in [5.74, 6) is 0.586. The third-order valence-electron chi connectivity index (χ3n) is 3.42. The summed E-state index contributed by atoms with van der Waals surface area (Å²) >= 11 is 0. The predicted molar refractivity (Wildman–Crippen MR) is 81.9 cm³/mol. The van der Waals surface area contributed by atoms with Crippen molar-refractivity contribution in [1.29, 1.82) is 0 Å². The number of amides is 1. The quantitative estimate of drug-likeness (QED) is 0.784. The van der Waals surface area contributed by atoms with Crippen LogP contribution in [0.3, 0.4) is 0 Å². The van der Waals surface area contributed by atoms with Gasteiger partial charge >= 0.3 is 0 Å². The molecule has 4 heteroatoms. The van der Waals surface area contributed by atoms with Crippen molar-refractivity contribution in [2.75, 3.05) is 30.9 Å². The summed E-state index contributed by atoms with van der Waals surface area (Å²) in [4.78, 5) is 11.4. The van der Waals surface area contributed by atoms with Crippen molar-refractivity contribution in [2.24, 2.45) is 5.92 Å². The van der Waals surface area contributed by atoms with Crippen LogP contribution in [0.2, 0.25) is 0 Å². The molecular formula is C16H22N2O2. The van der Waals surface area contributed by atoms with Crippen molar-refractivity contribution >= 4 is 17.3 Å². The molecule has 1 aliphatic rings. The first-order chi connectivity index (χ1) is 9.78. The number of benzene rings is 1. The molecule has 0 radical (unpaired) electrons. The summed E-state index contributed by atoms with van der Waals surface area (Å²) < 4.78 is 4.78. The minimum absolute atomic E-state index is 0.0786. The molecule has 0 aliphatic heterocycles. The van der Waals surface area contributed by atoms with Gasteiger partial charge < -0.3 is 15.4 Å². The van der Waals surface area contributed by atoms with E-state index in [0.29, 0.717) is 0 Å². The Kier molecular flexibility index (Phi) is 5.62. The largest absolute Gasteiger partial charge is 0.385 e. The molecule has 0 heterocycles. The fourth-order valence-electron chi connectivity index (χ4n) is 2.30. The topological polar surface area (TPSA) is 50.4 Å². The normalized spacial score (nSPS) is 17.8. The van der Waals surface area contributed by atoms with Crippen LogP contribution in [0.15, 0.2) is 36.4 Å². The summed E-state index contributed by atoms with van der Waals surface area (Å²) in [5.41, 5.74) is 1.88. The molecule has 4 nitrogen and oxygen atoms in total. The van der Waals surface area contributed by atoms with Crippen LogP contribution >= 0.6 is 0 Å². The van der Waals surface area contributed by atoms with Gasteiger partial charge in [-0.15, -0.1) is 0 Å². The summed E-state index contributed by atoms with van der Waals surface area (Å²) in [6, 6.07) is 7.77. The Balaban J connectivity index is 1.79. The van der Waals surface area contributed by atoms with E-state index in [0.717, 1.165) is 30.3 Å². The first-order valence-corrected chi connectivity index (χ1v) is 7.05. The molecule has 108 valence electrons. The highest BCUT2D eigenvalue weighted by Gasteiger charge is 2.09. The lowest BCUT2D eigenvalue weighted by atomic mass is 9.94. The number of carbonyl (C=O) groups is 1. The maximum absolute atomic E-state index is 11.4. The van der Waals surface area contributed by atoms with E-state index in [1.807, 2.05) is 24.3 Å². The molecule has 1 unspecified atom stereocenters.